The van der Waals surface area contributed by atoms with Crippen LogP contribution < -0.4 is 4.90 Å². The van der Waals surface area contributed by atoms with Crippen LogP contribution in [-0.4, -0.2) is 48.6 Å². The SMILES string of the molecule is CCN(CC)C(=O)CN(C)c1cc(Cl)ccc1C(=O)O. The van der Waals surface area contributed by atoms with Crippen LogP contribution in [0.25, 0.3) is 0 Å². The molecular formula is C14H19ClN2O3. The van der Waals surface area contributed by atoms with Gasteiger partial charge in [0.25, 0.3) is 0 Å². The van der Waals surface area contributed by atoms with Crippen molar-refractivity contribution in [1.29, 1.82) is 0 Å². The second-order valence-electron chi connectivity index (χ2n) is 4.39. The van der Waals surface area contributed by atoms with Crippen LogP contribution in [0.15, 0.2) is 18.2 Å². The first kappa shape index (κ1) is 16.3. The number of halogens is 1. The van der Waals surface area contributed by atoms with Gasteiger partial charge >= 0.3 is 5.97 Å². The van der Waals surface area contributed by atoms with Gasteiger partial charge in [-0.05, 0) is 32.0 Å². The number of carbonyl (C=O) groups excluding carboxylic acids is 1. The summed E-state index contributed by atoms with van der Waals surface area (Å²) in [5.74, 6) is -1.09. The molecule has 6 heteroatoms. The molecule has 0 saturated carbocycles. The van der Waals surface area contributed by atoms with E-state index in [0.717, 1.165) is 0 Å². The van der Waals surface area contributed by atoms with Gasteiger partial charge in [0, 0.05) is 25.2 Å². The zero-order chi connectivity index (χ0) is 15.3. The lowest BCUT2D eigenvalue weighted by molar-refractivity contribution is -0.129. The molecule has 0 heterocycles. The van der Waals surface area contributed by atoms with E-state index in [4.69, 9.17) is 11.6 Å². The molecule has 1 aromatic rings. The number of nitrogens with zero attached hydrogens (tertiary/aromatic N) is 2. The fourth-order valence-corrected chi connectivity index (χ4v) is 2.13. The Bertz CT molecular complexity index is 501. The number of likely N-dealkylation sites (N-methyl/N-ethyl adjacent to an activating group) is 2. The van der Waals surface area contributed by atoms with Crippen LogP contribution in [-0.2, 0) is 4.79 Å². The fourth-order valence-electron chi connectivity index (χ4n) is 1.97. The van der Waals surface area contributed by atoms with Crippen LogP contribution in [0.2, 0.25) is 5.02 Å². The topological polar surface area (TPSA) is 60.9 Å². The lowest BCUT2D eigenvalue weighted by Crippen LogP contribution is -2.39. The third kappa shape index (κ3) is 3.87. The lowest BCUT2D eigenvalue weighted by Gasteiger charge is -2.25. The van der Waals surface area contributed by atoms with Gasteiger partial charge in [0.1, 0.15) is 0 Å². The van der Waals surface area contributed by atoms with Gasteiger partial charge in [-0.15, -0.1) is 0 Å². The molecule has 20 heavy (non-hydrogen) atoms. The van der Waals surface area contributed by atoms with E-state index in [2.05, 4.69) is 0 Å². The van der Waals surface area contributed by atoms with Gasteiger partial charge in [-0.25, -0.2) is 4.79 Å². The van der Waals surface area contributed by atoms with E-state index in [1.807, 2.05) is 13.8 Å². The first-order valence-corrected chi connectivity index (χ1v) is 6.80. The molecule has 1 rings (SSSR count). The monoisotopic (exact) mass is 298 g/mol. The molecule has 1 N–H and O–H groups in total. The molecule has 0 radical (unpaired) electrons. The quantitative estimate of drug-likeness (QED) is 0.876. The van der Waals surface area contributed by atoms with Crippen LogP contribution in [0.5, 0.6) is 0 Å². The Morgan fingerprint density at radius 1 is 1.25 bits per heavy atom. The summed E-state index contributed by atoms with van der Waals surface area (Å²) in [4.78, 5) is 26.6. The van der Waals surface area contributed by atoms with Crippen LogP contribution in [0.3, 0.4) is 0 Å². The van der Waals surface area contributed by atoms with Crippen LogP contribution in [0, 0.1) is 0 Å². The van der Waals surface area contributed by atoms with E-state index >= 15 is 0 Å². The van der Waals surface area contributed by atoms with Crippen molar-refractivity contribution < 1.29 is 14.7 Å². The molecule has 110 valence electrons. The zero-order valence-electron chi connectivity index (χ0n) is 11.9. The Labute approximate surface area is 123 Å². The maximum Gasteiger partial charge on any atom is 0.337 e. The highest BCUT2D eigenvalue weighted by Crippen LogP contribution is 2.24. The molecule has 0 aliphatic heterocycles. The Morgan fingerprint density at radius 3 is 2.35 bits per heavy atom. The molecule has 0 aliphatic carbocycles. The third-order valence-electron chi connectivity index (χ3n) is 3.09. The van der Waals surface area contributed by atoms with Crippen molar-refractivity contribution in [2.24, 2.45) is 0 Å². The Morgan fingerprint density at radius 2 is 1.85 bits per heavy atom. The van der Waals surface area contributed by atoms with E-state index in [-0.39, 0.29) is 18.0 Å². The van der Waals surface area contributed by atoms with Crippen LogP contribution >= 0.6 is 11.6 Å². The van der Waals surface area contributed by atoms with Crippen molar-refractivity contribution >= 4 is 29.2 Å². The second kappa shape index (κ2) is 7.14. The largest absolute Gasteiger partial charge is 0.478 e. The van der Waals surface area contributed by atoms with Crippen molar-refractivity contribution in [3.05, 3.63) is 28.8 Å². The number of benzene rings is 1. The second-order valence-corrected chi connectivity index (χ2v) is 4.83. The van der Waals surface area contributed by atoms with Gasteiger partial charge in [0.2, 0.25) is 5.91 Å². The summed E-state index contributed by atoms with van der Waals surface area (Å²) in [6, 6.07) is 4.52. The maximum atomic E-state index is 12.1. The molecule has 0 saturated heterocycles. The van der Waals surface area contributed by atoms with E-state index < -0.39 is 5.97 Å². The van der Waals surface area contributed by atoms with Gasteiger partial charge in [-0.1, -0.05) is 11.6 Å². The number of carbonyl (C=O) groups is 2. The van der Waals surface area contributed by atoms with Gasteiger partial charge in [-0.2, -0.15) is 0 Å². The summed E-state index contributed by atoms with van der Waals surface area (Å²) >= 11 is 5.90. The smallest absolute Gasteiger partial charge is 0.337 e. The van der Waals surface area contributed by atoms with Crippen molar-refractivity contribution in [3.8, 4) is 0 Å². The minimum atomic E-state index is -1.04. The average molecular weight is 299 g/mol. The molecule has 1 aromatic carbocycles. The Hall–Kier alpha value is -1.75. The molecule has 0 aliphatic rings. The van der Waals surface area contributed by atoms with Gasteiger partial charge in [0.15, 0.2) is 0 Å². The number of hydrogen-bond acceptors (Lipinski definition) is 3. The minimum Gasteiger partial charge on any atom is -0.478 e. The third-order valence-corrected chi connectivity index (χ3v) is 3.33. The van der Waals surface area contributed by atoms with Gasteiger partial charge in [0.05, 0.1) is 17.8 Å². The summed E-state index contributed by atoms with van der Waals surface area (Å²) in [6.45, 7) is 5.18. The van der Waals surface area contributed by atoms with Crippen LogP contribution in [0.4, 0.5) is 5.69 Å². The average Bonchev–Trinajstić information content (AvgIpc) is 2.39. The molecule has 0 fully saturated rings. The highest BCUT2D eigenvalue weighted by molar-refractivity contribution is 6.31. The number of carboxylic acids is 1. The summed E-state index contributed by atoms with van der Waals surface area (Å²) in [5.41, 5.74) is 0.565. The summed E-state index contributed by atoms with van der Waals surface area (Å²) in [6.07, 6.45) is 0. The molecular weight excluding hydrogens is 280 g/mol. The fraction of sp³-hybridized carbons (Fsp3) is 0.429. The van der Waals surface area contributed by atoms with E-state index in [1.165, 1.54) is 12.1 Å². The number of amides is 1. The van der Waals surface area contributed by atoms with Crippen molar-refractivity contribution in [1.82, 2.24) is 4.90 Å². The molecule has 0 spiro atoms. The molecule has 1 amide bonds. The predicted molar refractivity (Wildman–Crippen MR) is 79.6 cm³/mol. The molecule has 0 aromatic heterocycles. The van der Waals surface area contributed by atoms with E-state index in [9.17, 15) is 14.7 Å². The van der Waals surface area contributed by atoms with Crippen molar-refractivity contribution in [3.63, 3.8) is 0 Å². The normalized spacial score (nSPS) is 10.2. The lowest BCUT2D eigenvalue weighted by atomic mass is 10.1. The van der Waals surface area contributed by atoms with E-state index in [0.29, 0.717) is 23.8 Å². The van der Waals surface area contributed by atoms with Crippen LogP contribution in [0.1, 0.15) is 24.2 Å². The highest BCUT2D eigenvalue weighted by Gasteiger charge is 2.18. The molecule has 0 bridgehead atoms. The summed E-state index contributed by atoms with van der Waals surface area (Å²) < 4.78 is 0. The van der Waals surface area contributed by atoms with E-state index in [1.54, 1.807) is 22.9 Å². The number of anilines is 1. The first-order valence-electron chi connectivity index (χ1n) is 6.42. The molecule has 0 atom stereocenters. The minimum absolute atomic E-state index is 0.0474. The number of carboxylic acid groups (broad SMARTS) is 1. The standard InChI is InChI=1S/C14H19ClN2O3/c1-4-17(5-2)13(18)9-16(3)12-8-10(15)6-7-11(12)14(19)20/h6-8H,4-5,9H2,1-3H3,(H,19,20). The molecule has 0 unspecified atom stereocenters. The summed E-state index contributed by atoms with van der Waals surface area (Å²) in [7, 11) is 1.68. The summed E-state index contributed by atoms with van der Waals surface area (Å²) in [5, 5.41) is 9.61. The van der Waals surface area contributed by atoms with Crippen molar-refractivity contribution in [2.75, 3.05) is 31.6 Å². The first-order chi connectivity index (χ1) is 9.40. The van der Waals surface area contributed by atoms with Crippen molar-refractivity contribution in [2.45, 2.75) is 13.8 Å². The Balaban J connectivity index is 2.97. The predicted octanol–water partition coefficient (Wildman–Crippen LogP) is 2.34. The van der Waals surface area contributed by atoms with Gasteiger partial charge < -0.3 is 14.9 Å². The number of rotatable bonds is 6. The molecule has 5 nitrogen and oxygen atoms in total. The Kier molecular flexibility index (Phi) is 5.82. The zero-order valence-corrected chi connectivity index (χ0v) is 12.6. The number of hydrogen-bond donors (Lipinski definition) is 1. The number of aromatic carboxylic acids is 1. The maximum absolute atomic E-state index is 12.1. The highest BCUT2D eigenvalue weighted by atomic mass is 35.5. The van der Waals surface area contributed by atoms with Gasteiger partial charge in [-0.3, -0.25) is 4.79 Å².